The Kier molecular flexibility index (Phi) is 4.79. The number of hydrogen-bond acceptors (Lipinski definition) is 0. The van der Waals surface area contributed by atoms with E-state index in [-0.39, 0.29) is 0 Å². The smallest absolute Gasteiger partial charge is 0.321 e. The zero-order valence-electron chi connectivity index (χ0n) is 11.2. The van der Waals surface area contributed by atoms with Gasteiger partial charge in [-0.1, -0.05) is 12.1 Å². The number of hydrogen-bond donors (Lipinski definition) is 0. The Hall–Kier alpha value is -1.03. The minimum Gasteiger partial charge on any atom is -0.321 e. The number of alkyl halides is 3. The molecule has 4 heteroatoms. The van der Waals surface area contributed by atoms with Gasteiger partial charge in [-0.05, 0) is 32.9 Å². The maximum absolute atomic E-state index is 12.5. The predicted molar refractivity (Wildman–Crippen MR) is 67.0 cm³/mol. The maximum atomic E-state index is 12.5. The number of quaternary nitrogens is 1. The van der Waals surface area contributed by atoms with Crippen molar-refractivity contribution in [1.29, 1.82) is 0 Å². The highest BCUT2D eigenvalue weighted by Gasteiger charge is 2.30. The van der Waals surface area contributed by atoms with Crippen LogP contribution in [0, 0.1) is 0 Å². The average molecular weight is 260 g/mol. The molecule has 0 aliphatic heterocycles. The fraction of sp³-hybridized carbons (Fsp3) is 0.571. The van der Waals surface area contributed by atoms with Gasteiger partial charge >= 0.3 is 6.18 Å². The van der Waals surface area contributed by atoms with Crippen LogP contribution in [0.4, 0.5) is 13.2 Å². The molecule has 0 saturated carbocycles. The minimum atomic E-state index is -4.25. The molecule has 18 heavy (non-hydrogen) atoms. The first-order valence-electron chi connectivity index (χ1n) is 6.38. The number of benzene rings is 1. The highest BCUT2D eigenvalue weighted by molar-refractivity contribution is 5.24. The van der Waals surface area contributed by atoms with Crippen LogP contribution in [0.1, 0.15) is 31.9 Å². The Bertz CT molecular complexity index is 355. The SMILES string of the molecule is CC[N+](CC)(CC)Cc1ccc(C(F)(F)F)cc1. The Morgan fingerprint density at radius 1 is 0.889 bits per heavy atom. The lowest BCUT2D eigenvalue weighted by Gasteiger charge is -2.35. The quantitative estimate of drug-likeness (QED) is 0.700. The molecule has 0 unspecified atom stereocenters. The third-order valence-corrected chi connectivity index (χ3v) is 3.81. The molecule has 1 nitrogen and oxygen atoms in total. The zero-order valence-corrected chi connectivity index (χ0v) is 11.2. The molecule has 0 amide bonds. The van der Waals surface area contributed by atoms with Gasteiger partial charge in [0.2, 0.25) is 0 Å². The summed E-state index contributed by atoms with van der Waals surface area (Å²) in [5, 5.41) is 0. The van der Waals surface area contributed by atoms with E-state index in [1.807, 2.05) is 0 Å². The van der Waals surface area contributed by atoms with Crippen molar-refractivity contribution in [2.75, 3.05) is 19.6 Å². The van der Waals surface area contributed by atoms with Gasteiger partial charge in [-0.15, -0.1) is 0 Å². The van der Waals surface area contributed by atoms with Crippen molar-refractivity contribution in [2.45, 2.75) is 33.5 Å². The normalized spacial score (nSPS) is 12.8. The Balaban J connectivity index is 2.86. The monoisotopic (exact) mass is 260 g/mol. The molecule has 1 aromatic carbocycles. The van der Waals surface area contributed by atoms with Crippen LogP contribution in [-0.2, 0) is 12.7 Å². The first-order valence-corrected chi connectivity index (χ1v) is 6.38. The fourth-order valence-corrected chi connectivity index (χ4v) is 2.19. The molecule has 0 bridgehead atoms. The lowest BCUT2D eigenvalue weighted by atomic mass is 10.1. The first-order chi connectivity index (χ1) is 8.37. The van der Waals surface area contributed by atoms with Crippen molar-refractivity contribution >= 4 is 0 Å². The maximum Gasteiger partial charge on any atom is 0.416 e. The summed E-state index contributed by atoms with van der Waals surface area (Å²) in [6.45, 7) is 10.1. The zero-order chi connectivity index (χ0) is 13.8. The molecular weight excluding hydrogens is 239 g/mol. The molecule has 0 fully saturated rings. The van der Waals surface area contributed by atoms with Gasteiger partial charge < -0.3 is 4.48 Å². The topological polar surface area (TPSA) is 0 Å². The molecule has 1 aromatic rings. The lowest BCUT2D eigenvalue weighted by molar-refractivity contribution is -0.936. The summed E-state index contributed by atoms with van der Waals surface area (Å²) in [5.74, 6) is 0. The van der Waals surface area contributed by atoms with E-state index >= 15 is 0 Å². The van der Waals surface area contributed by atoms with E-state index in [1.54, 1.807) is 12.1 Å². The summed E-state index contributed by atoms with van der Waals surface area (Å²) in [6, 6.07) is 5.53. The molecule has 0 atom stereocenters. The molecular formula is C14H21F3N+. The van der Waals surface area contributed by atoms with Gasteiger partial charge in [0, 0.05) is 5.56 Å². The van der Waals surface area contributed by atoms with Gasteiger partial charge in [0.05, 0.1) is 25.2 Å². The molecule has 1 rings (SSSR count). The van der Waals surface area contributed by atoms with Gasteiger partial charge in [0.1, 0.15) is 6.54 Å². The van der Waals surface area contributed by atoms with Gasteiger partial charge in [-0.25, -0.2) is 0 Å². The summed E-state index contributed by atoms with van der Waals surface area (Å²) < 4.78 is 38.3. The Labute approximate surface area is 107 Å². The van der Waals surface area contributed by atoms with Crippen molar-refractivity contribution in [1.82, 2.24) is 0 Å². The first kappa shape index (κ1) is 15.0. The van der Waals surface area contributed by atoms with E-state index < -0.39 is 11.7 Å². The standard InChI is InChI=1S/C14H21F3N/c1-4-18(5-2,6-3)11-12-7-9-13(10-8-12)14(15,16)17/h7-10H,4-6,11H2,1-3H3/q+1. The highest BCUT2D eigenvalue weighted by Crippen LogP contribution is 2.29. The molecule has 0 aromatic heterocycles. The lowest BCUT2D eigenvalue weighted by Crippen LogP contribution is -2.46. The molecule has 0 saturated heterocycles. The van der Waals surface area contributed by atoms with Gasteiger partial charge in [0.15, 0.2) is 0 Å². The summed E-state index contributed by atoms with van der Waals surface area (Å²) in [5.41, 5.74) is 0.391. The van der Waals surface area contributed by atoms with Gasteiger partial charge in [-0.2, -0.15) is 13.2 Å². The van der Waals surface area contributed by atoms with Crippen molar-refractivity contribution in [2.24, 2.45) is 0 Å². The van der Waals surface area contributed by atoms with Crippen molar-refractivity contribution in [3.8, 4) is 0 Å². The highest BCUT2D eigenvalue weighted by atomic mass is 19.4. The van der Waals surface area contributed by atoms with Gasteiger partial charge in [-0.3, -0.25) is 0 Å². The molecule has 102 valence electrons. The molecule has 0 spiro atoms. The molecule has 0 heterocycles. The van der Waals surface area contributed by atoms with Crippen molar-refractivity contribution in [3.63, 3.8) is 0 Å². The van der Waals surface area contributed by atoms with E-state index in [4.69, 9.17) is 0 Å². The van der Waals surface area contributed by atoms with Crippen LogP contribution in [-0.4, -0.2) is 24.1 Å². The number of halogens is 3. The summed E-state index contributed by atoms with van der Waals surface area (Å²) in [6.07, 6.45) is -4.25. The third kappa shape index (κ3) is 3.48. The second-order valence-corrected chi connectivity index (χ2v) is 4.64. The van der Waals surface area contributed by atoms with Crippen molar-refractivity contribution in [3.05, 3.63) is 35.4 Å². The summed E-state index contributed by atoms with van der Waals surface area (Å²) in [7, 11) is 0. The predicted octanol–water partition coefficient (Wildman–Crippen LogP) is 4.08. The summed E-state index contributed by atoms with van der Waals surface area (Å²) in [4.78, 5) is 0. The van der Waals surface area contributed by atoms with Crippen LogP contribution in [0.25, 0.3) is 0 Å². The van der Waals surface area contributed by atoms with Crippen LogP contribution in [0.3, 0.4) is 0 Å². The van der Waals surface area contributed by atoms with Crippen molar-refractivity contribution < 1.29 is 17.7 Å². The van der Waals surface area contributed by atoms with Crippen LogP contribution >= 0.6 is 0 Å². The second-order valence-electron chi connectivity index (χ2n) is 4.64. The minimum absolute atomic E-state index is 0.575. The van der Waals surface area contributed by atoms with E-state index in [0.717, 1.165) is 36.2 Å². The average Bonchev–Trinajstić information content (AvgIpc) is 2.36. The number of rotatable bonds is 5. The Morgan fingerprint density at radius 2 is 1.33 bits per heavy atom. The molecule has 0 aliphatic rings. The third-order valence-electron chi connectivity index (χ3n) is 3.81. The Morgan fingerprint density at radius 3 is 1.67 bits per heavy atom. The largest absolute Gasteiger partial charge is 0.416 e. The van der Waals surface area contributed by atoms with E-state index in [0.29, 0.717) is 0 Å². The van der Waals surface area contributed by atoms with Crippen LogP contribution in [0.5, 0.6) is 0 Å². The molecule has 0 radical (unpaired) electrons. The van der Waals surface area contributed by atoms with Crippen LogP contribution < -0.4 is 0 Å². The summed E-state index contributed by atoms with van der Waals surface area (Å²) >= 11 is 0. The van der Waals surface area contributed by atoms with E-state index in [1.165, 1.54) is 12.1 Å². The number of nitrogens with zero attached hydrogens (tertiary/aromatic N) is 1. The molecule has 0 N–H and O–H groups in total. The fourth-order valence-electron chi connectivity index (χ4n) is 2.19. The second kappa shape index (κ2) is 5.74. The van der Waals surface area contributed by atoms with E-state index in [2.05, 4.69) is 20.8 Å². The van der Waals surface area contributed by atoms with Gasteiger partial charge in [0.25, 0.3) is 0 Å². The molecule has 0 aliphatic carbocycles. The van der Waals surface area contributed by atoms with Crippen LogP contribution in [0.15, 0.2) is 24.3 Å². The van der Waals surface area contributed by atoms with E-state index in [9.17, 15) is 13.2 Å². The van der Waals surface area contributed by atoms with Crippen LogP contribution in [0.2, 0.25) is 0 Å².